The van der Waals surface area contributed by atoms with Crippen molar-refractivity contribution < 1.29 is 4.74 Å². The zero-order valence-corrected chi connectivity index (χ0v) is 11.4. The third kappa shape index (κ3) is 2.66. The maximum atomic E-state index is 6.04. The zero-order valence-electron chi connectivity index (χ0n) is 9.87. The zero-order chi connectivity index (χ0) is 13.3. The maximum absolute atomic E-state index is 6.04. The molecular weight excluding hydrogens is 273 g/mol. The topological polar surface area (TPSA) is 61.0 Å². The highest BCUT2D eigenvalue weighted by atomic mass is 35.5. The van der Waals surface area contributed by atoms with Crippen molar-refractivity contribution in [2.45, 2.75) is 13.8 Å². The van der Waals surface area contributed by atoms with E-state index in [1.54, 1.807) is 19.1 Å². The molecule has 0 radical (unpaired) electrons. The molecule has 6 heteroatoms. The van der Waals surface area contributed by atoms with E-state index in [0.29, 0.717) is 22.2 Å². The molecule has 2 aromatic rings. The van der Waals surface area contributed by atoms with Crippen molar-refractivity contribution >= 4 is 28.9 Å². The van der Waals surface area contributed by atoms with E-state index in [1.165, 1.54) is 0 Å². The van der Waals surface area contributed by atoms with E-state index < -0.39 is 0 Å². The molecule has 0 unspecified atom stereocenters. The summed E-state index contributed by atoms with van der Waals surface area (Å²) in [7, 11) is 0. The molecule has 0 aliphatic rings. The van der Waals surface area contributed by atoms with Crippen molar-refractivity contribution in [2.24, 2.45) is 0 Å². The highest BCUT2D eigenvalue weighted by Crippen LogP contribution is 2.33. The van der Waals surface area contributed by atoms with E-state index in [9.17, 15) is 0 Å². The third-order valence-corrected chi connectivity index (χ3v) is 2.85. The highest BCUT2D eigenvalue weighted by molar-refractivity contribution is 6.32. The molecule has 0 bridgehead atoms. The molecule has 4 nitrogen and oxygen atoms in total. The number of anilines is 1. The van der Waals surface area contributed by atoms with E-state index in [0.717, 1.165) is 5.56 Å². The van der Waals surface area contributed by atoms with Crippen molar-refractivity contribution in [3.63, 3.8) is 0 Å². The van der Waals surface area contributed by atoms with Gasteiger partial charge in [0.05, 0.1) is 10.7 Å². The number of nitrogens with two attached hydrogens (primary N) is 1. The van der Waals surface area contributed by atoms with Gasteiger partial charge in [-0.2, -0.15) is 4.98 Å². The van der Waals surface area contributed by atoms with Gasteiger partial charge in [0.1, 0.15) is 11.4 Å². The number of hydrogen-bond acceptors (Lipinski definition) is 4. The van der Waals surface area contributed by atoms with E-state index in [1.807, 2.05) is 13.0 Å². The van der Waals surface area contributed by atoms with Crippen LogP contribution in [0.15, 0.2) is 18.2 Å². The molecule has 0 spiro atoms. The summed E-state index contributed by atoms with van der Waals surface area (Å²) < 4.78 is 5.59. The number of rotatable bonds is 2. The van der Waals surface area contributed by atoms with Crippen molar-refractivity contribution in [3.05, 3.63) is 39.8 Å². The minimum absolute atomic E-state index is 0.0838. The predicted molar refractivity (Wildman–Crippen MR) is 72.5 cm³/mol. The molecule has 0 atom stereocenters. The Hall–Kier alpha value is -1.52. The molecule has 1 aromatic carbocycles. The van der Waals surface area contributed by atoms with Gasteiger partial charge in [0, 0.05) is 0 Å². The Morgan fingerprint density at radius 2 is 1.89 bits per heavy atom. The summed E-state index contributed by atoms with van der Waals surface area (Å²) in [6.45, 7) is 3.67. The summed E-state index contributed by atoms with van der Waals surface area (Å²) >= 11 is 11.8. The van der Waals surface area contributed by atoms with Crippen LogP contribution in [0.25, 0.3) is 0 Å². The number of nitrogens with zero attached hydrogens (tertiary/aromatic N) is 2. The van der Waals surface area contributed by atoms with Gasteiger partial charge < -0.3 is 10.5 Å². The van der Waals surface area contributed by atoms with Gasteiger partial charge >= 0.3 is 0 Å². The van der Waals surface area contributed by atoms with Crippen LogP contribution in [0.2, 0.25) is 10.3 Å². The van der Waals surface area contributed by atoms with Crippen molar-refractivity contribution in [1.82, 2.24) is 9.97 Å². The van der Waals surface area contributed by atoms with E-state index in [-0.39, 0.29) is 11.2 Å². The number of hydrogen-bond donors (Lipinski definition) is 1. The van der Waals surface area contributed by atoms with Gasteiger partial charge in [-0.15, -0.1) is 0 Å². The molecule has 0 fully saturated rings. The Bertz CT molecular complexity index is 602. The Morgan fingerprint density at radius 1 is 1.17 bits per heavy atom. The van der Waals surface area contributed by atoms with Crippen LogP contribution >= 0.6 is 23.2 Å². The smallest absolute Gasteiger partial charge is 0.247 e. The first kappa shape index (κ1) is 12.9. The van der Waals surface area contributed by atoms with Crippen LogP contribution in [0.1, 0.15) is 11.3 Å². The summed E-state index contributed by atoms with van der Waals surface area (Å²) in [5.41, 5.74) is 7.76. The number of nitrogen functional groups attached to an aromatic ring is 1. The lowest BCUT2D eigenvalue weighted by Crippen LogP contribution is -2.01. The third-order valence-electron chi connectivity index (χ3n) is 2.37. The Labute approximate surface area is 115 Å². The van der Waals surface area contributed by atoms with Crippen LogP contribution in [0.3, 0.4) is 0 Å². The molecule has 2 rings (SSSR count). The number of benzene rings is 1. The average Bonchev–Trinajstić information content (AvgIpc) is 2.30. The van der Waals surface area contributed by atoms with Gasteiger partial charge in [-0.3, -0.25) is 0 Å². The average molecular weight is 284 g/mol. The van der Waals surface area contributed by atoms with Crippen LogP contribution in [-0.2, 0) is 0 Å². The van der Waals surface area contributed by atoms with Crippen LogP contribution in [0.5, 0.6) is 11.6 Å². The molecule has 0 aliphatic carbocycles. The maximum Gasteiger partial charge on any atom is 0.247 e. The van der Waals surface area contributed by atoms with Crippen molar-refractivity contribution in [3.8, 4) is 11.6 Å². The lowest BCUT2D eigenvalue weighted by atomic mass is 10.2. The van der Waals surface area contributed by atoms with Crippen LogP contribution in [-0.4, -0.2) is 9.97 Å². The fraction of sp³-hybridized carbons (Fsp3) is 0.167. The Kier molecular flexibility index (Phi) is 3.59. The first-order valence-corrected chi connectivity index (χ1v) is 5.96. The highest BCUT2D eigenvalue weighted by Gasteiger charge is 2.12. The van der Waals surface area contributed by atoms with E-state index >= 15 is 0 Å². The molecule has 18 heavy (non-hydrogen) atoms. The number of aromatic nitrogens is 2. The molecule has 1 aromatic heterocycles. The van der Waals surface area contributed by atoms with Gasteiger partial charge in [-0.05, 0) is 43.1 Å². The van der Waals surface area contributed by atoms with Gasteiger partial charge in [-0.25, -0.2) is 4.98 Å². The van der Waals surface area contributed by atoms with E-state index in [4.69, 9.17) is 33.7 Å². The summed E-state index contributed by atoms with van der Waals surface area (Å²) in [4.78, 5) is 7.88. The number of aryl methyl sites for hydroxylation is 2. The molecule has 0 aliphatic heterocycles. The Balaban J connectivity index is 2.43. The second-order valence-corrected chi connectivity index (χ2v) is 4.58. The predicted octanol–water partition coefficient (Wildman–Crippen LogP) is 3.77. The number of halogens is 2. The molecule has 0 saturated heterocycles. The normalized spacial score (nSPS) is 10.4. The van der Waals surface area contributed by atoms with Crippen LogP contribution in [0, 0.1) is 13.8 Å². The summed E-state index contributed by atoms with van der Waals surface area (Å²) in [5, 5.41) is 0.563. The van der Waals surface area contributed by atoms with Gasteiger partial charge in [0.25, 0.3) is 0 Å². The van der Waals surface area contributed by atoms with Gasteiger partial charge in [0.2, 0.25) is 11.2 Å². The second kappa shape index (κ2) is 5.00. The summed E-state index contributed by atoms with van der Waals surface area (Å²) in [6.07, 6.45) is 0. The van der Waals surface area contributed by atoms with E-state index in [2.05, 4.69) is 9.97 Å². The molecule has 94 valence electrons. The molecule has 2 N–H and O–H groups in total. The monoisotopic (exact) mass is 283 g/mol. The van der Waals surface area contributed by atoms with Crippen LogP contribution < -0.4 is 10.5 Å². The van der Waals surface area contributed by atoms with Gasteiger partial charge in [-0.1, -0.05) is 17.7 Å². The Morgan fingerprint density at radius 3 is 2.61 bits per heavy atom. The molecule has 1 heterocycles. The standard InChI is InChI=1S/C12H11Cl2N3O/c1-6-3-4-8(13)9(5-6)18-11-10(15)7(2)16-12(14)17-11/h3-5H,15H2,1-2H3. The molecule has 0 saturated carbocycles. The fourth-order valence-corrected chi connectivity index (χ4v) is 1.75. The van der Waals surface area contributed by atoms with Crippen LogP contribution in [0.4, 0.5) is 5.69 Å². The molecule has 0 amide bonds. The summed E-state index contributed by atoms with van der Waals surface area (Å²) in [6, 6.07) is 5.43. The minimum atomic E-state index is 0.0838. The lowest BCUT2D eigenvalue weighted by molar-refractivity contribution is 0.463. The summed E-state index contributed by atoms with van der Waals surface area (Å²) in [5.74, 6) is 0.692. The van der Waals surface area contributed by atoms with Crippen molar-refractivity contribution in [1.29, 1.82) is 0 Å². The second-order valence-electron chi connectivity index (χ2n) is 3.83. The fourth-order valence-electron chi connectivity index (χ4n) is 1.39. The van der Waals surface area contributed by atoms with Crippen molar-refractivity contribution in [2.75, 3.05) is 5.73 Å². The lowest BCUT2D eigenvalue weighted by Gasteiger charge is -2.10. The SMILES string of the molecule is Cc1ccc(Cl)c(Oc2nc(Cl)nc(C)c2N)c1. The molecular formula is C12H11Cl2N3O. The minimum Gasteiger partial charge on any atom is -0.435 e. The first-order chi connectivity index (χ1) is 8.47. The largest absolute Gasteiger partial charge is 0.435 e. The quantitative estimate of drug-likeness (QED) is 0.852. The van der Waals surface area contributed by atoms with Gasteiger partial charge in [0.15, 0.2) is 0 Å². The first-order valence-electron chi connectivity index (χ1n) is 5.21. The number of ether oxygens (including phenoxy) is 1.